The molecule has 0 aromatic carbocycles. The maximum atomic E-state index is 6.00. The second kappa shape index (κ2) is 4.52. The van der Waals surface area contributed by atoms with Crippen molar-refractivity contribution in [3.63, 3.8) is 0 Å². The average molecular weight is 235 g/mol. The van der Waals surface area contributed by atoms with Crippen molar-refractivity contribution in [1.29, 1.82) is 0 Å². The minimum Gasteiger partial charge on any atom is -0.395 e. The van der Waals surface area contributed by atoms with E-state index in [2.05, 4.69) is 15.1 Å². The Bertz CT molecular complexity index is 479. The summed E-state index contributed by atoms with van der Waals surface area (Å²) in [5.74, 6) is 0. The molecule has 0 aliphatic heterocycles. The molecule has 2 heterocycles. The van der Waals surface area contributed by atoms with E-state index in [9.17, 15) is 0 Å². The molecule has 0 spiro atoms. The highest BCUT2D eigenvalue weighted by Crippen LogP contribution is 2.31. The minimum absolute atomic E-state index is 0.680. The van der Waals surface area contributed by atoms with Gasteiger partial charge in [0.15, 0.2) is 5.16 Å². The molecule has 0 bridgehead atoms. The standard InChI is InChI=1S/C10H13N5S/c1-3-7-8(11)9(15(2)14-7)16-10-12-5-4-6-13-10/h4-6H,3,11H2,1-2H3. The molecule has 2 N–H and O–H groups in total. The van der Waals surface area contributed by atoms with Gasteiger partial charge in [-0.05, 0) is 24.2 Å². The predicted octanol–water partition coefficient (Wildman–Crippen LogP) is 1.51. The number of rotatable bonds is 3. The molecule has 16 heavy (non-hydrogen) atoms. The summed E-state index contributed by atoms with van der Waals surface area (Å²) < 4.78 is 1.77. The zero-order valence-corrected chi connectivity index (χ0v) is 10.0. The monoisotopic (exact) mass is 235 g/mol. The maximum Gasteiger partial charge on any atom is 0.193 e. The Kier molecular flexibility index (Phi) is 3.09. The second-order valence-corrected chi connectivity index (χ2v) is 4.23. The SMILES string of the molecule is CCc1nn(C)c(Sc2ncccn2)c1N. The van der Waals surface area contributed by atoms with E-state index in [0.717, 1.165) is 22.8 Å². The molecule has 0 saturated carbocycles. The van der Waals surface area contributed by atoms with Gasteiger partial charge in [-0.25, -0.2) is 9.97 Å². The maximum absolute atomic E-state index is 6.00. The van der Waals surface area contributed by atoms with Crippen molar-refractivity contribution < 1.29 is 0 Å². The van der Waals surface area contributed by atoms with Gasteiger partial charge in [-0.1, -0.05) is 6.92 Å². The van der Waals surface area contributed by atoms with E-state index < -0.39 is 0 Å². The van der Waals surface area contributed by atoms with Gasteiger partial charge < -0.3 is 5.73 Å². The molecule has 0 amide bonds. The highest BCUT2D eigenvalue weighted by Gasteiger charge is 2.13. The Morgan fingerprint density at radius 1 is 1.38 bits per heavy atom. The van der Waals surface area contributed by atoms with Gasteiger partial charge in [-0.15, -0.1) is 0 Å². The molecule has 0 fully saturated rings. The zero-order chi connectivity index (χ0) is 11.5. The van der Waals surface area contributed by atoms with Crippen LogP contribution in [0, 0.1) is 0 Å². The number of aryl methyl sites for hydroxylation is 2. The Morgan fingerprint density at radius 3 is 2.62 bits per heavy atom. The summed E-state index contributed by atoms with van der Waals surface area (Å²) in [6.45, 7) is 2.03. The van der Waals surface area contributed by atoms with Crippen LogP contribution < -0.4 is 5.73 Å². The summed E-state index contributed by atoms with van der Waals surface area (Å²) in [4.78, 5) is 8.29. The largest absolute Gasteiger partial charge is 0.395 e. The smallest absolute Gasteiger partial charge is 0.193 e. The van der Waals surface area contributed by atoms with E-state index >= 15 is 0 Å². The van der Waals surface area contributed by atoms with E-state index in [1.54, 1.807) is 23.1 Å². The van der Waals surface area contributed by atoms with Gasteiger partial charge in [0.05, 0.1) is 11.4 Å². The molecule has 0 atom stereocenters. The van der Waals surface area contributed by atoms with Crippen LogP contribution in [-0.4, -0.2) is 19.7 Å². The van der Waals surface area contributed by atoms with E-state index in [0.29, 0.717) is 5.16 Å². The van der Waals surface area contributed by atoms with Crippen LogP contribution in [0.1, 0.15) is 12.6 Å². The molecule has 2 aromatic rings. The molecule has 2 rings (SSSR count). The summed E-state index contributed by atoms with van der Waals surface area (Å²) in [5.41, 5.74) is 7.64. The molecular weight excluding hydrogens is 222 g/mol. The normalized spacial score (nSPS) is 10.6. The Hall–Kier alpha value is -1.56. The van der Waals surface area contributed by atoms with Crippen LogP contribution in [0.2, 0.25) is 0 Å². The summed E-state index contributed by atoms with van der Waals surface area (Å²) in [6.07, 6.45) is 4.25. The second-order valence-electron chi connectivity index (χ2n) is 3.28. The van der Waals surface area contributed by atoms with Crippen molar-refractivity contribution in [2.45, 2.75) is 23.5 Å². The van der Waals surface area contributed by atoms with Crippen LogP contribution in [0.25, 0.3) is 0 Å². The van der Waals surface area contributed by atoms with Crippen molar-refractivity contribution in [1.82, 2.24) is 19.7 Å². The van der Waals surface area contributed by atoms with Gasteiger partial charge in [0.2, 0.25) is 0 Å². The van der Waals surface area contributed by atoms with Crippen LogP contribution in [0.15, 0.2) is 28.6 Å². The molecule has 84 valence electrons. The third kappa shape index (κ3) is 2.01. The fraction of sp³-hybridized carbons (Fsp3) is 0.300. The quantitative estimate of drug-likeness (QED) is 0.816. The van der Waals surface area contributed by atoms with E-state index in [4.69, 9.17) is 5.73 Å². The van der Waals surface area contributed by atoms with Gasteiger partial charge in [-0.3, -0.25) is 4.68 Å². The number of nitrogens with zero attached hydrogens (tertiary/aromatic N) is 4. The fourth-order valence-electron chi connectivity index (χ4n) is 1.38. The van der Waals surface area contributed by atoms with Crippen molar-refractivity contribution in [2.75, 3.05) is 5.73 Å². The van der Waals surface area contributed by atoms with Crippen molar-refractivity contribution in [2.24, 2.45) is 7.05 Å². The van der Waals surface area contributed by atoms with E-state index in [1.165, 1.54) is 11.8 Å². The van der Waals surface area contributed by atoms with Gasteiger partial charge in [0.25, 0.3) is 0 Å². The van der Waals surface area contributed by atoms with Crippen LogP contribution in [0.3, 0.4) is 0 Å². The highest BCUT2D eigenvalue weighted by molar-refractivity contribution is 7.99. The summed E-state index contributed by atoms with van der Waals surface area (Å²) in [7, 11) is 1.88. The topological polar surface area (TPSA) is 69.6 Å². The first-order valence-electron chi connectivity index (χ1n) is 4.98. The number of hydrogen-bond acceptors (Lipinski definition) is 5. The lowest BCUT2D eigenvalue weighted by molar-refractivity contribution is 0.686. The Labute approximate surface area is 98.1 Å². The summed E-state index contributed by atoms with van der Waals surface area (Å²) in [5, 5.41) is 5.91. The molecular formula is C10H13N5S. The number of nitrogens with two attached hydrogens (primary N) is 1. The molecule has 5 nitrogen and oxygen atoms in total. The van der Waals surface area contributed by atoms with Crippen LogP contribution in [-0.2, 0) is 13.5 Å². The first-order valence-corrected chi connectivity index (χ1v) is 5.80. The lowest BCUT2D eigenvalue weighted by atomic mass is 10.3. The third-order valence-corrected chi connectivity index (χ3v) is 3.24. The van der Waals surface area contributed by atoms with Crippen molar-refractivity contribution >= 4 is 17.4 Å². The molecule has 6 heteroatoms. The van der Waals surface area contributed by atoms with Gasteiger partial charge in [-0.2, -0.15) is 5.10 Å². The van der Waals surface area contributed by atoms with E-state index in [1.807, 2.05) is 14.0 Å². The first kappa shape index (κ1) is 10.9. The fourth-order valence-corrected chi connectivity index (χ4v) is 2.19. The lowest BCUT2D eigenvalue weighted by Gasteiger charge is -2.00. The number of nitrogen functional groups attached to an aromatic ring is 1. The molecule has 0 aliphatic carbocycles. The predicted molar refractivity (Wildman–Crippen MR) is 63.2 cm³/mol. The van der Waals surface area contributed by atoms with Crippen LogP contribution in [0.4, 0.5) is 5.69 Å². The van der Waals surface area contributed by atoms with Gasteiger partial charge in [0, 0.05) is 19.4 Å². The van der Waals surface area contributed by atoms with Crippen molar-refractivity contribution in [3.05, 3.63) is 24.2 Å². The Morgan fingerprint density at radius 2 is 2.06 bits per heavy atom. The van der Waals surface area contributed by atoms with Crippen LogP contribution >= 0.6 is 11.8 Å². The molecule has 0 radical (unpaired) electrons. The third-order valence-electron chi connectivity index (χ3n) is 2.17. The number of hydrogen-bond donors (Lipinski definition) is 1. The van der Waals surface area contributed by atoms with Gasteiger partial charge in [0.1, 0.15) is 5.03 Å². The molecule has 2 aromatic heterocycles. The average Bonchev–Trinajstić information content (AvgIpc) is 2.58. The summed E-state index contributed by atoms with van der Waals surface area (Å²) in [6, 6.07) is 1.79. The first-order chi connectivity index (χ1) is 7.72. The van der Waals surface area contributed by atoms with Gasteiger partial charge >= 0.3 is 0 Å². The van der Waals surface area contributed by atoms with Crippen molar-refractivity contribution in [3.8, 4) is 0 Å². The van der Waals surface area contributed by atoms with Crippen LogP contribution in [0.5, 0.6) is 0 Å². The molecule has 0 unspecified atom stereocenters. The molecule has 0 saturated heterocycles. The number of anilines is 1. The lowest BCUT2D eigenvalue weighted by Crippen LogP contribution is -1.95. The zero-order valence-electron chi connectivity index (χ0n) is 9.21. The molecule has 0 aliphatic rings. The highest BCUT2D eigenvalue weighted by atomic mass is 32.2. The summed E-state index contributed by atoms with van der Waals surface area (Å²) >= 11 is 1.43. The minimum atomic E-state index is 0.680. The van der Waals surface area contributed by atoms with E-state index in [-0.39, 0.29) is 0 Å². The Balaban J connectivity index is 2.31. The number of aromatic nitrogens is 4.